The van der Waals surface area contributed by atoms with E-state index in [1.54, 1.807) is 20.8 Å². The van der Waals surface area contributed by atoms with E-state index in [1.165, 1.54) is 18.2 Å². The number of alkyl carbamates (subject to hydrolysis) is 1. The number of halogens is 2. The number of carbonyl (C=O) groups excluding carboxylic acids is 1. The van der Waals surface area contributed by atoms with E-state index in [1.807, 2.05) is 0 Å². The Morgan fingerprint density at radius 2 is 1.85 bits per heavy atom. The Morgan fingerprint density at radius 3 is 2.30 bits per heavy atom. The molecule has 2 N–H and O–H groups in total. The molecule has 0 radical (unpaired) electrons. The topological polar surface area (TPSA) is 75.6 Å². The number of nitrogens with one attached hydrogen (secondary N) is 1. The van der Waals surface area contributed by atoms with Gasteiger partial charge in [-0.25, -0.2) is 9.59 Å². The molecule has 7 heteroatoms. The van der Waals surface area contributed by atoms with Crippen LogP contribution in [0, 0.1) is 0 Å². The fraction of sp³-hybridized carbons (Fsp3) is 0.385. The van der Waals surface area contributed by atoms with Gasteiger partial charge in [-0.15, -0.1) is 0 Å². The first kappa shape index (κ1) is 16.6. The van der Waals surface area contributed by atoms with Crippen molar-refractivity contribution in [2.75, 3.05) is 0 Å². The molecule has 0 unspecified atom stereocenters. The summed E-state index contributed by atoms with van der Waals surface area (Å²) in [5.74, 6) is -1.23. The van der Waals surface area contributed by atoms with E-state index in [0.29, 0.717) is 10.6 Å². The number of benzene rings is 1. The number of rotatable bonds is 3. The van der Waals surface area contributed by atoms with Gasteiger partial charge >= 0.3 is 12.1 Å². The summed E-state index contributed by atoms with van der Waals surface area (Å²) in [6.45, 7) is 5.05. The number of carboxylic acids is 1. The third kappa shape index (κ3) is 4.90. The van der Waals surface area contributed by atoms with Gasteiger partial charge in [0, 0.05) is 0 Å². The first-order chi connectivity index (χ1) is 9.10. The highest BCUT2D eigenvalue weighted by Gasteiger charge is 2.25. The molecular weight excluding hydrogens is 305 g/mol. The van der Waals surface area contributed by atoms with Crippen molar-refractivity contribution < 1.29 is 19.4 Å². The zero-order chi connectivity index (χ0) is 15.5. The molecule has 1 rings (SSSR count). The van der Waals surface area contributed by atoms with Crippen molar-refractivity contribution in [3.63, 3.8) is 0 Å². The van der Waals surface area contributed by atoms with Gasteiger partial charge in [-0.1, -0.05) is 29.3 Å². The summed E-state index contributed by atoms with van der Waals surface area (Å²) < 4.78 is 5.02. The number of ether oxygens (including phenoxy) is 1. The number of amides is 1. The maximum Gasteiger partial charge on any atom is 0.408 e. The molecular formula is C13H15Cl2NO4. The molecule has 1 amide bonds. The van der Waals surface area contributed by atoms with Gasteiger partial charge in [-0.3, -0.25) is 0 Å². The molecule has 0 spiro atoms. The molecule has 0 bridgehead atoms. The summed E-state index contributed by atoms with van der Waals surface area (Å²) in [4.78, 5) is 22.9. The zero-order valence-electron chi connectivity index (χ0n) is 11.2. The van der Waals surface area contributed by atoms with Crippen LogP contribution in [0.25, 0.3) is 0 Å². The van der Waals surface area contributed by atoms with Crippen molar-refractivity contribution in [1.29, 1.82) is 0 Å². The third-order valence-electron chi connectivity index (χ3n) is 2.19. The van der Waals surface area contributed by atoms with Gasteiger partial charge in [-0.2, -0.15) is 0 Å². The lowest BCUT2D eigenvalue weighted by molar-refractivity contribution is -0.139. The van der Waals surface area contributed by atoms with E-state index in [4.69, 9.17) is 27.9 Å². The number of carboxylic acid groups (broad SMARTS) is 1. The zero-order valence-corrected chi connectivity index (χ0v) is 12.7. The summed E-state index contributed by atoms with van der Waals surface area (Å²) in [7, 11) is 0. The quantitative estimate of drug-likeness (QED) is 0.891. The molecule has 5 nitrogen and oxygen atoms in total. The van der Waals surface area contributed by atoms with E-state index < -0.39 is 23.7 Å². The van der Waals surface area contributed by atoms with Crippen molar-refractivity contribution in [1.82, 2.24) is 5.32 Å². The SMILES string of the molecule is CC(C)(C)OC(=O)N[C@@H](C(=O)O)c1ccc(Cl)c(Cl)c1. The number of aliphatic carboxylic acids is 1. The second-order valence-corrected chi connectivity index (χ2v) is 5.91. The normalized spacial score (nSPS) is 12.7. The smallest absolute Gasteiger partial charge is 0.408 e. The molecule has 110 valence electrons. The Morgan fingerprint density at radius 1 is 1.25 bits per heavy atom. The van der Waals surface area contributed by atoms with Gasteiger partial charge in [0.05, 0.1) is 10.0 Å². The van der Waals surface area contributed by atoms with Gasteiger partial charge in [0.1, 0.15) is 5.60 Å². The Labute approximate surface area is 126 Å². The van der Waals surface area contributed by atoms with Crippen molar-refractivity contribution in [2.24, 2.45) is 0 Å². The van der Waals surface area contributed by atoms with Crippen LogP contribution in [0.1, 0.15) is 32.4 Å². The highest BCUT2D eigenvalue weighted by molar-refractivity contribution is 6.42. The Kier molecular flexibility index (Phi) is 5.25. The van der Waals surface area contributed by atoms with Crippen molar-refractivity contribution in [3.8, 4) is 0 Å². The number of hydrogen-bond donors (Lipinski definition) is 2. The van der Waals surface area contributed by atoms with E-state index in [2.05, 4.69) is 5.32 Å². The highest BCUT2D eigenvalue weighted by Crippen LogP contribution is 2.26. The van der Waals surface area contributed by atoms with Crippen LogP contribution in [0.4, 0.5) is 4.79 Å². The van der Waals surface area contributed by atoms with E-state index in [9.17, 15) is 14.7 Å². The molecule has 20 heavy (non-hydrogen) atoms. The second kappa shape index (κ2) is 6.33. The minimum atomic E-state index is -1.26. The summed E-state index contributed by atoms with van der Waals surface area (Å²) in [5, 5.41) is 12.0. The lowest BCUT2D eigenvalue weighted by Crippen LogP contribution is -2.38. The van der Waals surface area contributed by atoms with E-state index >= 15 is 0 Å². The van der Waals surface area contributed by atoms with Gasteiger partial charge in [0.2, 0.25) is 0 Å². The average molecular weight is 320 g/mol. The van der Waals surface area contributed by atoms with Gasteiger partial charge in [-0.05, 0) is 38.5 Å². The Hall–Kier alpha value is -1.46. The lowest BCUT2D eigenvalue weighted by Gasteiger charge is -2.22. The standard InChI is InChI=1S/C13H15Cl2NO4/c1-13(2,3)20-12(19)16-10(11(17)18)7-4-5-8(14)9(15)6-7/h4-6,10H,1-3H3,(H,16,19)(H,17,18)/t10-/m1/s1. The average Bonchev–Trinajstić information content (AvgIpc) is 2.27. The summed E-state index contributed by atoms with van der Waals surface area (Å²) in [6.07, 6.45) is -0.823. The molecule has 0 fully saturated rings. The second-order valence-electron chi connectivity index (χ2n) is 5.09. The van der Waals surface area contributed by atoms with E-state index in [0.717, 1.165) is 0 Å². The molecule has 0 aliphatic carbocycles. The minimum absolute atomic E-state index is 0.210. The van der Waals surface area contributed by atoms with Crippen LogP contribution in [0.3, 0.4) is 0 Å². The van der Waals surface area contributed by atoms with Gasteiger partial charge < -0.3 is 15.2 Å². The molecule has 0 heterocycles. The molecule has 0 aliphatic rings. The minimum Gasteiger partial charge on any atom is -0.479 e. The first-order valence-electron chi connectivity index (χ1n) is 5.77. The van der Waals surface area contributed by atoms with Crippen LogP contribution in [0.5, 0.6) is 0 Å². The van der Waals surface area contributed by atoms with Crippen LogP contribution >= 0.6 is 23.2 Å². The lowest BCUT2D eigenvalue weighted by atomic mass is 10.1. The largest absolute Gasteiger partial charge is 0.479 e. The molecule has 0 aliphatic heterocycles. The summed E-state index contributed by atoms with van der Waals surface area (Å²) in [6, 6.07) is 3.07. The molecule has 1 aromatic carbocycles. The van der Waals surface area contributed by atoms with Crippen LogP contribution < -0.4 is 5.32 Å². The summed E-state index contributed by atoms with van der Waals surface area (Å²) in [5.41, 5.74) is -0.414. The summed E-state index contributed by atoms with van der Waals surface area (Å²) >= 11 is 11.6. The van der Waals surface area contributed by atoms with Crippen molar-refractivity contribution >= 4 is 35.3 Å². The molecule has 0 aromatic heterocycles. The van der Waals surface area contributed by atoms with Crippen molar-refractivity contribution in [2.45, 2.75) is 32.4 Å². The fourth-order valence-electron chi connectivity index (χ4n) is 1.40. The number of carbonyl (C=O) groups is 2. The van der Waals surface area contributed by atoms with Crippen LogP contribution in [-0.2, 0) is 9.53 Å². The maximum absolute atomic E-state index is 11.6. The van der Waals surface area contributed by atoms with Crippen LogP contribution in [-0.4, -0.2) is 22.8 Å². The first-order valence-corrected chi connectivity index (χ1v) is 6.53. The predicted molar refractivity (Wildman–Crippen MR) is 76.2 cm³/mol. The molecule has 0 saturated heterocycles. The van der Waals surface area contributed by atoms with Crippen LogP contribution in [0.2, 0.25) is 10.0 Å². The Balaban J connectivity index is 2.92. The molecule has 1 atom stereocenters. The highest BCUT2D eigenvalue weighted by atomic mass is 35.5. The Bertz CT molecular complexity index is 526. The maximum atomic E-state index is 11.6. The molecule has 1 aromatic rings. The number of hydrogen-bond acceptors (Lipinski definition) is 3. The van der Waals surface area contributed by atoms with Gasteiger partial charge in [0.15, 0.2) is 6.04 Å². The monoisotopic (exact) mass is 319 g/mol. The van der Waals surface area contributed by atoms with Crippen molar-refractivity contribution in [3.05, 3.63) is 33.8 Å². The van der Waals surface area contributed by atoms with E-state index in [-0.39, 0.29) is 5.02 Å². The van der Waals surface area contributed by atoms with Crippen LogP contribution in [0.15, 0.2) is 18.2 Å². The fourth-order valence-corrected chi connectivity index (χ4v) is 1.71. The predicted octanol–water partition coefficient (Wildman–Crippen LogP) is 3.64. The molecule has 0 saturated carbocycles. The van der Waals surface area contributed by atoms with Gasteiger partial charge in [0.25, 0.3) is 0 Å². The third-order valence-corrected chi connectivity index (χ3v) is 2.92.